The smallest absolute Gasteiger partial charge is 0.119 e. The Kier molecular flexibility index (Phi) is 8.44. The van der Waals surface area contributed by atoms with E-state index in [1.807, 2.05) is 0 Å². The van der Waals surface area contributed by atoms with Gasteiger partial charge < -0.3 is 10.1 Å². The van der Waals surface area contributed by atoms with Crippen LogP contribution in [-0.4, -0.2) is 12.1 Å². The lowest BCUT2D eigenvalue weighted by atomic mass is 10.1. The standard InChI is InChI=1S/C19H33NO/c1-5-6-7-8-9-10-15-21-18-13-11-17(12-14-18)16-20-19(2,3)4/h11-14,20H,5-10,15-16H2,1-4H3. The number of hydrogen-bond acceptors (Lipinski definition) is 2. The third kappa shape index (κ3) is 9.52. The molecule has 2 heteroatoms. The van der Waals surface area contributed by atoms with Gasteiger partial charge in [-0.25, -0.2) is 0 Å². The van der Waals surface area contributed by atoms with Crippen LogP contribution in [0.4, 0.5) is 0 Å². The Bertz CT molecular complexity index is 364. The molecule has 0 unspecified atom stereocenters. The highest BCUT2D eigenvalue weighted by atomic mass is 16.5. The molecule has 0 saturated carbocycles. The maximum atomic E-state index is 5.79. The molecule has 0 atom stereocenters. The summed E-state index contributed by atoms with van der Waals surface area (Å²) in [5.74, 6) is 0.989. The van der Waals surface area contributed by atoms with E-state index in [4.69, 9.17) is 4.74 Å². The van der Waals surface area contributed by atoms with E-state index in [2.05, 4.69) is 57.3 Å². The van der Waals surface area contributed by atoms with Crippen LogP contribution in [-0.2, 0) is 6.54 Å². The van der Waals surface area contributed by atoms with E-state index in [0.29, 0.717) is 0 Å². The fourth-order valence-corrected chi connectivity index (χ4v) is 2.14. The Balaban J connectivity index is 2.16. The average Bonchev–Trinajstić information content (AvgIpc) is 2.44. The van der Waals surface area contributed by atoms with Crippen LogP contribution in [0.3, 0.4) is 0 Å². The monoisotopic (exact) mass is 291 g/mol. The first-order valence-electron chi connectivity index (χ1n) is 8.48. The highest BCUT2D eigenvalue weighted by molar-refractivity contribution is 5.27. The van der Waals surface area contributed by atoms with Crippen molar-refractivity contribution < 1.29 is 4.74 Å². The minimum Gasteiger partial charge on any atom is -0.494 e. The van der Waals surface area contributed by atoms with Gasteiger partial charge in [0.25, 0.3) is 0 Å². The summed E-state index contributed by atoms with van der Waals surface area (Å²) in [6, 6.07) is 8.46. The number of benzene rings is 1. The van der Waals surface area contributed by atoms with Crippen LogP contribution < -0.4 is 10.1 Å². The molecule has 1 N–H and O–H groups in total. The minimum atomic E-state index is 0.160. The lowest BCUT2D eigenvalue weighted by Gasteiger charge is -2.20. The molecule has 0 spiro atoms. The van der Waals surface area contributed by atoms with Gasteiger partial charge in [-0.15, -0.1) is 0 Å². The summed E-state index contributed by atoms with van der Waals surface area (Å²) in [4.78, 5) is 0. The lowest BCUT2D eigenvalue weighted by molar-refractivity contribution is 0.304. The van der Waals surface area contributed by atoms with Gasteiger partial charge in [-0.3, -0.25) is 0 Å². The van der Waals surface area contributed by atoms with Gasteiger partial charge in [0.15, 0.2) is 0 Å². The van der Waals surface area contributed by atoms with E-state index in [1.54, 1.807) is 0 Å². The van der Waals surface area contributed by atoms with Crippen molar-refractivity contribution in [1.29, 1.82) is 0 Å². The molecule has 0 aliphatic heterocycles. The van der Waals surface area contributed by atoms with Crippen molar-refractivity contribution in [2.75, 3.05) is 6.61 Å². The highest BCUT2D eigenvalue weighted by Crippen LogP contribution is 2.14. The van der Waals surface area contributed by atoms with Gasteiger partial charge in [0.1, 0.15) is 5.75 Å². The van der Waals surface area contributed by atoms with Crippen LogP contribution in [0, 0.1) is 0 Å². The number of rotatable bonds is 10. The molecule has 0 heterocycles. The first-order chi connectivity index (χ1) is 10.0. The molecule has 0 radical (unpaired) electrons. The topological polar surface area (TPSA) is 21.3 Å². The Morgan fingerprint density at radius 2 is 1.52 bits per heavy atom. The lowest BCUT2D eigenvalue weighted by Crippen LogP contribution is -2.35. The van der Waals surface area contributed by atoms with E-state index in [1.165, 1.54) is 37.7 Å². The van der Waals surface area contributed by atoms with Gasteiger partial charge >= 0.3 is 0 Å². The second-order valence-corrected chi connectivity index (χ2v) is 6.86. The van der Waals surface area contributed by atoms with Crippen LogP contribution in [0.1, 0.15) is 71.8 Å². The molecule has 1 aromatic carbocycles. The Hall–Kier alpha value is -1.02. The molecule has 0 bridgehead atoms. The molecule has 1 aromatic rings. The van der Waals surface area contributed by atoms with Crippen molar-refractivity contribution in [2.45, 2.75) is 78.3 Å². The molecule has 2 nitrogen and oxygen atoms in total. The first kappa shape index (κ1) is 18.0. The molecule has 21 heavy (non-hydrogen) atoms. The predicted octanol–water partition coefficient (Wildman–Crippen LogP) is 5.31. The zero-order valence-corrected chi connectivity index (χ0v) is 14.4. The fourth-order valence-electron chi connectivity index (χ4n) is 2.14. The maximum Gasteiger partial charge on any atom is 0.119 e. The summed E-state index contributed by atoms with van der Waals surface area (Å²) in [7, 11) is 0. The van der Waals surface area contributed by atoms with E-state index < -0.39 is 0 Å². The van der Waals surface area contributed by atoms with Crippen molar-refractivity contribution in [2.24, 2.45) is 0 Å². The zero-order valence-electron chi connectivity index (χ0n) is 14.4. The molecule has 0 aliphatic rings. The molecule has 1 rings (SSSR count). The van der Waals surface area contributed by atoms with Crippen molar-refractivity contribution in [3.8, 4) is 5.75 Å². The van der Waals surface area contributed by atoms with Crippen LogP contribution in [0.15, 0.2) is 24.3 Å². The average molecular weight is 291 g/mol. The Morgan fingerprint density at radius 1 is 0.905 bits per heavy atom. The van der Waals surface area contributed by atoms with Crippen molar-refractivity contribution >= 4 is 0 Å². The van der Waals surface area contributed by atoms with Gasteiger partial charge in [-0.05, 0) is 44.9 Å². The third-order valence-electron chi connectivity index (χ3n) is 3.51. The van der Waals surface area contributed by atoms with E-state index in [-0.39, 0.29) is 5.54 Å². The summed E-state index contributed by atoms with van der Waals surface area (Å²) in [5, 5.41) is 3.49. The van der Waals surface area contributed by atoms with Crippen LogP contribution in [0.5, 0.6) is 5.75 Å². The minimum absolute atomic E-state index is 0.160. The predicted molar refractivity (Wildman–Crippen MR) is 91.9 cm³/mol. The summed E-state index contributed by atoms with van der Waals surface area (Å²) >= 11 is 0. The molecule has 0 aliphatic carbocycles. The maximum absolute atomic E-state index is 5.79. The van der Waals surface area contributed by atoms with Crippen molar-refractivity contribution in [1.82, 2.24) is 5.32 Å². The summed E-state index contributed by atoms with van der Waals surface area (Å²) in [6.45, 7) is 10.6. The van der Waals surface area contributed by atoms with Crippen LogP contribution >= 0.6 is 0 Å². The van der Waals surface area contributed by atoms with E-state index in [0.717, 1.165) is 25.3 Å². The fraction of sp³-hybridized carbons (Fsp3) is 0.684. The van der Waals surface area contributed by atoms with Gasteiger partial charge in [-0.1, -0.05) is 51.2 Å². The molecule has 0 aromatic heterocycles. The largest absolute Gasteiger partial charge is 0.494 e. The Morgan fingerprint density at radius 3 is 2.14 bits per heavy atom. The second kappa shape index (κ2) is 9.83. The Labute approximate surface area is 131 Å². The molecular formula is C19H33NO. The van der Waals surface area contributed by atoms with Gasteiger partial charge in [0.05, 0.1) is 6.61 Å². The van der Waals surface area contributed by atoms with Crippen molar-refractivity contribution in [3.05, 3.63) is 29.8 Å². The summed E-state index contributed by atoms with van der Waals surface area (Å²) < 4.78 is 5.79. The van der Waals surface area contributed by atoms with Crippen LogP contribution in [0.2, 0.25) is 0 Å². The number of ether oxygens (including phenoxy) is 1. The summed E-state index contributed by atoms with van der Waals surface area (Å²) in [6.07, 6.45) is 7.84. The first-order valence-corrected chi connectivity index (χ1v) is 8.48. The van der Waals surface area contributed by atoms with Crippen molar-refractivity contribution in [3.63, 3.8) is 0 Å². The second-order valence-electron chi connectivity index (χ2n) is 6.86. The molecule has 120 valence electrons. The van der Waals surface area contributed by atoms with Gasteiger partial charge in [0.2, 0.25) is 0 Å². The van der Waals surface area contributed by atoms with E-state index >= 15 is 0 Å². The molecule has 0 saturated heterocycles. The SMILES string of the molecule is CCCCCCCCOc1ccc(CNC(C)(C)C)cc1. The van der Waals surface area contributed by atoms with Crippen LogP contribution in [0.25, 0.3) is 0 Å². The summed E-state index contributed by atoms with van der Waals surface area (Å²) in [5.41, 5.74) is 1.46. The number of hydrogen-bond donors (Lipinski definition) is 1. The van der Waals surface area contributed by atoms with Gasteiger partial charge in [0, 0.05) is 12.1 Å². The normalized spacial score (nSPS) is 11.6. The number of unbranched alkanes of at least 4 members (excludes halogenated alkanes) is 5. The zero-order chi connectivity index (χ0) is 15.6. The van der Waals surface area contributed by atoms with E-state index in [9.17, 15) is 0 Å². The number of nitrogens with one attached hydrogen (secondary N) is 1. The molecule has 0 amide bonds. The highest BCUT2D eigenvalue weighted by Gasteiger charge is 2.08. The molecular weight excluding hydrogens is 258 g/mol. The quantitative estimate of drug-likeness (QED) is 0.589. The molecule has 0 fully saturated rings. The third-order valence-corrected chi connectivity index (χ3v) is 3.51. The van der Waals surface area contributed by atoms with Gasteiger partial charge in [-0.2, -0.15) is 0 Å².